The summed E-state index contributed by atoms with van der Waals surface area (Å²) >= 11 is 0. The lowest BCUT2D eigenvalue weighted by atomic mass is 10.2. The van der Waals surface area contributed by atoms with Crippen molar-refractivity contribution in [3.05, 3.63) is 52.0 Å². The molecule has 1 aromatic heterocycles. The third-order valence-corrected chi connectivity index (χ3v) is 2.91. The van der Waals surface area contributed by atoms with Gasteiger partial charge in [0.1, 0.15) is 11.5 Å². The van der Waals surface area contributed by atoms with Gasteiger partial charge in [0, 0.05) is 24.9 Å². The number of non-ortho nitro benzene ring substituents is 1. The number of nitrogens with one attached hydrogen (secondary N) is 1. The molecule has 106 valence electrons. The zero-order chi connectivity index (χ0) is 14.7. The monoisotopic (exact) mass is 276 g/mol. The molecular weight excluding hydrogens is 260 g/mol. The van der Waals surface area contributed by atoms with Crippen LogP contribution >= 0.6 is 0 Å². The Labute approximate surface area is 116 Å². The number of nitrogens with zero attached hydrogens (tertiary/aromatic N) is 2. The predicted octanol–water partition coefficient (Wildman–Crippen LogP) is 2.42. The van der Waals surface area contributed by atoms with Crippen LogP contribution in [-0.2, 0) is 6.54 Å². The molecule has 7 nitrogen and oxygen atoms in total. The van der Waals surface area contributed by atoms with Gasteiger partial charge in [0.2, 0.25) is 0 Å². The molecule has 0 radical (unpaired) electrons. The Morgan fingerprint density at radius 3 is 2.70 bits per heavy atom. The first-order chi connectivity index (χ1) is 9.49. The Kier molecular flexibility index (Phi) is 3.90. The number of nitrogens with two attached hydrogens (primary N) is 1. The van der Waals surface area contributed by atoms with Crippen LogP contribution in [0, 0.1) is 17.0 Å². The van der Waals surface area contributed by atoms with E-state index in [1.807, 2.05) is 31.0 Å². The number of benzene rings is 1. The average molecular weight is 276 g/mol. The van der Waals surface area contributed by atoms with Crippen molar-refractivity contribution in [1.29, 1.82) is 0 Å². The fourth-order valence-electron chi connectivity index (χ4n) is 1.90. The molecule has 7 heteroatoms. The van der Waals surface area contributed by atoms with Gasteiger partial charge >= 0.3 is 0 Å². The number of nitrogen functional groups attached to an aromatic ring is 1. The van der Waals surface area contributed by atoms with E-state index in [0.717, 1.165) is 11.5 Å². The Morgan fingerprint density at radius 1 is 1.40 bits per heavy atom. The minimum absolute atomic E-state index is 0.0158. The van der Waals surface area contributed by atoms with Crippen LogP contribution in [0.25, 0.3) is 0 Å². The van der Waals surface area contributed by atoms with Crippen molar-refractivity contribution >= 4 is 17.1 Å². The van der Waals surface area contributed by atoms with Crippen molar-refractivity contribution in [2.24, 2.45) is 5.84 Å². The Morgan fingerprint density at radius 2 is 2.15 bits per heavy atom. The van der Waals surface area contributed by atoms with Gasteiger partial charge in [-0.15, -0.1) is 0 Å². The lowest BCUT2D eigenvalue weighted by Crippen LogP contribution is -2.17. The van der Waals surface area contributed by atoms with Gasteiger partial charge in [-0.3, -0.25) is 16.0 Å². The predicted molar refractivity (Wildman–Crippen MR) is 76.5 cm³/mol. The van der Waals surface area contributed by atoms with E-state index in [4.69, 9.17) is 10.3 Å². The fraction of sp³-hybridized carbons (Fsp3) is 0.231. The maximum atomic E-state index is 10.9. The summed E-state index contributed by atoms with van der Waals surface area (Å²) in [6.07, 6.45) is 0. The van der Waals surface area contributed by atoms with Gasteiger partial charge in [-0.2, -0.15) is 0 Å². The van der Waals surface area contributed by atoms with Gasteiger partial charge < -0.3 is 14.7 Å². The van der Waals surface area contributed by atoms with Crippen LogP contribution in [0.15, 0.2) is 34.7 Å². The van der Waals surface area contributed by atoms with Crippen LogP contribution < -0.4 is 16.2 Å². The normalized spacial score (nSPS) is 10.3. The Hall–Kier alpha value is -2.54. The third-order valence-electron chi connectivity index (χ3n) is 2.91. The number of aryl methyl sites for hydroxylation is 1. The number of hydrogen-bond donors (Lipinski definition) is 2. The summed E-state index contributed by atoms with van der Waals surface area (Å²) in [7, 11) is 1.83. The van der Waals surface area contributed by atoms with Crippen LogP contribution in [0.4, 0.5) is 17.1 Å². The van der Waals surface area contributed by atoms with E-state index in [1.54, 1.807) is 6.07 Å². The maximum Gasteiger partial charge on any atom is 0.273 e. The van der Waals surface area contributed by atoms with Crippen molar-refractivity contribution in [3.8, 4) is 0 Å². The molecule has 0 aliphatic carbocycles. The number of furan rings is 1. The molecule has 0 fully saturated rings. The molecule has 0 aliphatic rings. The van der Waals surface area contributed by atoms with Gasteiger partial charge in [-0.25, -0.2) is 0 Å². The SMILES string of the molecule is Cc1ccc(CN(C)c2cc(NN)cc([N+](=O)[O-])c2)o1. The second-order valence-corrected chi connectivity index (χ2v) is 4.51. The molecule has 0 saturated carbocycles. The third kappa shape index (κ3) is 3.07. The summed E-state index contributed by atoms with van der Waals surface area (Å²) in [5.74, 6) is 6.96. The molecule has 0 aliphatic heterocycles. The minimum Gasteiger partial charge on any atom is -0.464 e. The Balaban J connectivity index is 2.26. The lowest BCUT2D eigenvalue weighted by molar-refractivity contribution is -0.384. The zero-order valence-electron chi connectivity index (χ0n) is 11.3. The van der Waals surface area contributed by atoms with E-state index in [9.17, 15) is 10.1 Å². The van der Waals surface area contributed by atoms with Gasteiger partial charge in [-0.05, 0) is 25.1 Å². The van der Waals surface area contributed by atoms with E-state index in [-0.39, 0.29) is 5.69 Å². The molecule has 1 aromatic carbocycles. The molecule has 3 N–H and O–H groups in total. The average Bonchev–Trinajstić information content (AvgIpc) is 2.83. The van der Waals surface area contributed by atoms with E-state index in [0.29, 0.717) is 17.9 Å². The van der Waals surface area contributed by atoms with Crippen molar-refractivity contribution in [1.82, 2.24) is 0 Å². The van der Waals surface area contributed by atoms with E-state index in [1.165, 1.54) is 12.1 Å². The number of nitro benzene ring substituents is 1. The first kappa shape index (κ1) is 13.9. The largest absolute Gasteiger partial charge is 0.464 e. The lowest BCUT2D eigenvalue weighted by Gasteiger charge is -2.18. The smallest absolute Gasteiger partial charge is 0.273 e. The molecule has 1 heterocycles. The maximum absolute atomic E-state index is 10.9. The highest BCUT2D eigenvalue weighted by atomic mass is 16.6. The summed E-state index contributed by atoms with van der Waals surface area (Å²) in [5.41, 5.74) is 3.58. The fourth-order valence-corrected chi connectivity index (χ4v) is 1.90. The van der Waals surface area contributed by atoms with Crippen LogP contribution in [0.3, 0.4) is 0 Å². The summed E-state index contributed by atoms with van der Waals surface area (Å²) in [6.45, 7) is 2.38. The highest BCUT2D eigenvalue weighted by molar-refractivity contribution is 5.63. The molecule has 20 heavy (non-hydrogen) atoms. The highest BCUT2D eigenvalue weighted by Gasteiger charge is 2.13. The quantitative estimate of drug-likeness (QED) is 0.494. The summed E-state index contributed by atoms with van der Waals surface area (Å²) in [6, 6.07) is 8.38. The molecule has 0 bridgehead atoms. The van der Waals surface area contributed by atoms with E-state index in [2.05, 4.69) is 5.43 Å². The van der Waals surface area contributed by atoms with Crippen LogP contribution in [-0.4, -0.2) is 12.0 Å². The number of anilines is 2. The van der Waals surface area contributed by atoms with E-state index < -0.39 is 4.92 Å². The van der Waals surface area contributed by atoms with Crippen LogP contribution in [0.2, 0.25) is 0 Å². The summed E-state index contributed by atoms with van der Waals surface area (Å²) < 4.78 is 5.49. The van der Waals surface area contributed by atoms with Gasteiger partial charge in [0.05, 0.1) is 17.2 Å². The van der Waals surface area contributed by atoms with Crippen molar-refractivity contribution in [2.75, 3.05) is 17.4 Å². The highest BCUT2D eigenvalue weighted by Crippen LogP contribution is 2.27. The number of rotatable bonds is 5. The topological polar surface area (TPSA) is 97.6 Å². The minimum atomic E-state index is -0.449. The van der Waals surface area contributed by atoms with Crippen LogP contribution in [0.1, 0.15) is 11.5 Å². The molecule has 0 saturated heterocycles. The number of nitro groups is 1. The van der Waals surface area contributed by atoms with Gasteiger partial charge in [0.15, 0.2) is 0 Å². The van der Waals surface area contributed by atoms with Gasteiger partial charge in [-0.1, -0.05) is 0 Å². The molecule has 0 atom stereocenters. The molecular formula is C13H16N4O3. The first-order valence-electron chi connectivity index (χ1n) is 6.02. The first-order valence-corrected chi connectivity index (χ1v) is 6.02. The molecule has 0 spiro atoms. The Bertz CT molecular complexity index is 624. The van der Waals surface area contributed by atoms with E-state index >= 15 is 0 Å². The van der Waals surface area contributed by atoms with Crippen molar-refractivity contribution in [2.45, 2.75) is 13.5 Å². The van der Waals surface area contributed by atoms with Crippen LogP contribution in [0.5, 0.6) is 0 Å². The van der Waals surface area contributed by atoms with Crippen molar-refractivity contribution in [3.63, 3.8) is 0 Å². The van der Waals surface area contributed by atoms with Gasteiger partial charge in [0.25, 0.3) is 5.69 Å². The molecule has 2 aromatic rings. The standard InChI is InChI=1S/C13H16N4O3/c1-9-3-4-13(20-9)8-16(2)11-5-10(15-14)6-12(7-11)17(18)19/h3-7,15H,8,14H2,1-2H3. The summed E-state index contributed by atoms with van der Waals surface area (Å²) in [4.78, 5) is 12.3. The van der Waals surface area contributed by atoms with Crippen molar-refractivity contribution < 1.29 is 9.34 Å². The number of hydrogen-bond acceptors (Lipinski definition) is 6. The second-order valence-electron chi connectivity index (χ2n) is 4.51. The zero-order valence-corrected chi connectivity index (χ0v) is 11.3. The molecule has 0 amide bonds. The molecule has 2 rings (SSSR count). The second kappa shape index (κ2) is 5.62. The summed E-state index contributed by atoms with van der Waals surface area (Å²) in [5, 5.41) is 10.9. The molecule has 0 unspecified atom stereocenters. The number of hydrazine groups is 1.